The number of fused-ring (bicyclic) bond motifs is 1. The van der Waals surface area contributed by atoms with Gasteiger partial charge in [0.15, 0.2) is 0 Å². The summed E-state index contributed by atoms with van der Waals surface area (Å²) in [6.07, 6.45) is 0. The van der Waals surface area contributed by atoms with E-state index in [2.05, 4.69) is 5.32 Å². The Labute approximate surface area is 119 Å². The summed E-state index contributed by atoms with van der Waals surface area (Å²) in [5, 5.41) is 3.30. The molecule has 102 valence electrons. The van der Waals surface area contributed by atoms with Gasteiger partial charge in [-0.3, -0.25) is 4.79 Å². The van der Waals surface area contributed by atoms with Crippen LogP contribution in [-0.4, -0.2) is 19.5 Å². The van der Waals surface area contributed by atoms with Crippen molar-refractivity contribution in [3.05, 3.63) is 59.7 Å². The summed E-state index contributed by atoms with van der Waals surface area (Å²) < 4.78 is 0. The summed E-state index contributed by atoms with van der Waals surface area (Å²) >= 11 is 0. The fourth-order valence-electron chi connectivity index (χ4n) is 2.70. The molecule has 0 bridgehead atoms. The molecule has 0 saturated heterocycles. The largest absolute Gasteiger partial charge is 0.384 e. The molecular weight excluding hydrogens is 248 g/mol. The smallest absolute Gasteiger partial charge is 0.236 e. The predicted octanol–water partition coefficient (Wildman–Crippen LogP) is 3.17. The standard InChI is InChI=1S/C17H18N2O/c1-12-6-5-7-13(10-12)19(2)17(20)15-11-18-16-9-4-3-8-14(15)16/h3-10,15,18H,11H2,1-2H3. The quantitative estimate of drug-likeness (QED) is 0.905. The first-order valence-electron chi connectivity index (χ1n) is 6.84. The highest BCUT2D eigenvalue weighted by atomic mass is 16.2. The first kappa shape index (κ1) is 12.7. The maximum Gasteiger partial charge on any atom is 0.236 e. The van der Waals surface area contributed by atoms with E-state index in [1.54, 1.807) is 4.90 Å². The third-order valence-electron chi connectivity index (χ3n) is 3.85. The normalized spacial score (nSPS) is 16.4. The molecule has 1 aliphatic rings. The lowest BCUT2D eigenvalue weighted by Gasteiger charge is -2.21. The van der Waals surface area contributed by atoms with E-state index >= 15 is 0 Å². The van der Waals surface area contributed by atoms with Gasteiger partial charge in [-0.2, -0.15) is 0 Å². The molecule has 1 aliphatic heterocycles. The molecule has 2 aromatic carbocycles. The van der Waals surface area contributed by atoms with Crippen molar-refractivity contribution < 1.29 is 4.79 Å². The summed E-state index contributed by atoms with van der Waals surface area (Å²) in [4.78, 5) is 14.5. The molecule has 0 spiro atoms. The third-order valence-corrected chi connectivity index (χ3v) is 3.85. The Balaban J connectivity index is 1.87. The number of likely N-dealkylation sites (N-methyl/N-ethyl adjacent to an activating group) is 1. The molecule has 0 radical (unpaired) electrons. The minimum absolute atomic E-state index is 0.100. The molecule has 2 aromatic rings. The van der Waals surface area contributed by atoms with Crippen LogP contribution in [0.2, 0.25) is 0 Å². The Morgan fingerprint density at radius 1 is 1.20 bits per heavy atom. The summed E-state index contributed by atoms with van der Waals surface area (Å²) in [6.45, 7) is 2.71. The molecule has 20 heavy (non-hydrogen) atoms. The number of nitrogens with one attached hydrogen (secondary N) is 1. The monoisotopic (exact) mass is 266 g/mol. The lowest BCUT2D eigenvalue weighted by Crippen LogP contribution is -2.32. The number of benzene rings is 2. The number of hydrogen-bond acceptors (Lipinski definition) is 2. The van der Waals surface area contributed by atoms with Crippen LogP contribution in [0.25, 0.3) is 0 Å². The lowest BCUT2D eigenvalue weighted by molar-refractivity contribution is -0.119. The molecule has 1 amide bonds. The topological polar surface area (TPSA) is 32.3 Å². The molecular formula is C17H18N2O. The third kappa shape index (κ3) is 2.16. The minimum Gasteiger partial charge on any atom is -0.384 e. The van der Waals surface area contributed by atoms with Gasteiger partial charge in [0.25, 0.3) is 0 Å². The molecule has 0 aliphatic carbocycles. The lowest BCUT2D eigenvalue weighted by atomic mass is 9.99. The van der Waals surface area contributed by atoms with Gasteiger partial charge in [0.2, 0.25) is 5.91 Å². The average molecular weight is 266 g/mol. The van der Waals surface area contributed by atoms with Gasteiger partial charge in [-0.25, -0.2) is 0 Å². The van der Waals surface area contributed by atoms with Crippen molar-refractivity contribution in [1.29, 1.82) is 0 Å². The molecule has 0 aromatic heterocycles. The second-order valence-electron chi connectivity index (χ2n) is 5.26. The van der Waals surface area contributed by atoms with Gasteiger partial charge in [-0.05, 0) is 36.2 Å². The number of carbonyl (C=O) groups excluding carboxylic acids is 1. The van der Waals surface area contributed by atoms with Crippen LogP contribution in [0.15, 0.2) is 48.5 Å². The van der Waals surface area contributed by atoms with E-state index in [1.165, 1.54) is 0 Å². The zero-order chi connectivity index (χ0) is 14.1. The molecule has 1 heterocycles. The van der Waals surface area contributed by atoms with Crippen LogP contribution in [-0.2, 0) is 4.79 Å². The molecule has 1 unspecified atom stereocenters. The first-order valence-corrected chi connectivity index (χ1v) is 6.84. The molecule has 3 nitrogen and oxygen atoms in total. The molecule has 1 N–H and O–H groups in total. The van der Waals surface area contributed by atoms with E-state index in [0.29, 0.717) is 6.54 Å². The second-order valence-corrected chi connectivity index (χ2v) is 5.26. The molecule has 1 atom stereocenters. The number of anilines is 2. The Morgan fingerprint density at radius 3 is 2.80 bits per heavy atom. The Hall–Kier alpha value is -2.29. The molecule has 0 saturated carbocycles. The highest BCUT2D eigenvalue weighted by Gasteiger charge is 2.30. The van der Waals surface area contributed by atoms with E-state index in [0.717, 1.165) is 22.5 Å². The zero-order valence-corrected chi connectivity index (χ0v) is 11.8. The van der Waals surface area contributed by atoms with Gasteiger partial charge >= 0.3 is 0 Å². The van der Waals surface area contributed by atoms with E-state index in [-0.39, 0.29) is 11.8 Å². The van der Waals surface area contributed by atoms with Crippen molar-refractivity contribution >= 4 is 17.3 Å². The van der Waals surface area contributed by atoms with Crippen molar-refractivity contribution in [2.24, 2.45) is 0 Å². The summed E-state index contributed by atoms with van der Waals surface area (Å²) in [5.41, 5.74) is 4.27. The van der Waals surface area contributed by atoms with E-state index in [4.69, 9.17) is 0 Å². The van der Waals surface area contributed by atoms with Crippen LogP contribution in [0, 0.1) is 6.92 Å². The number of hydrogen-bond donors (Lipinski definition) is 1. The molecule has 0 fully saturated rings. The van der Waals surface area contributed by atoms with E-state index in [9.17, 15) is 4.79 Å². The summed E-state index contributed by atoms with van der Waals surface area (Å²) in [6, 6.07) is 16.0. The average Bonchev–Trinajstić information content (AvgIpc) is 2.89. The molecule has 3 rings (SSSR count). The fraction of sp³-hybridized carbons (Fsp3) is 0.235. The minimum atomic E-state index is -0.100. The summed E-state index contributed by atoms with van der Waals surface area (Å²) in [7, 11) is 1.85. The number of carbonyl (C=O) groups is 1. The Morgan fingerprint density at radius 2 is 2.00 bits per heavy atom. The van der Waals surface area contributed by atoms with Crippen molar-refractivity contribution in [3.63, 3.8) is 0 Å². The Kier molecular flexibility index (Phi) is 3.18. The van der Waals surface area contributed by atoms with Crippen LogP contribution < -0.4 is 10.2 Å². The number of aryl methyl sites for hydroxylation is 1. The van der Waals surface area contributed by atoms with Crippen molar-refractivity contribution in [3.8, 4) is 0 Å². The van der Waals surface area contributed by atoms with E-state index < -0.39 is 0 Å². The maximum atomic E-state index is 12.7. The number of amides is 1. The van der Waals surface area contributed by atoms with Crippen LogP contribution in [0.4, 0.5) is 11.4 Å². The van der Waals surface area contributed by atoms with Gasteiger partial charge in [0, 0.05) is 25.0 Å². The Bertz CT molecular complexity index is 651. The van der Waals surface area contributed by atoms with Crippen molar-refractivity contribution in [2.45, 2.75) is 12.8 Å². The highest BCUT2D eigenvalue weighted by Crippen LogP contribution is 2.33. The van der Waals surface area contributed by atoms with E-state index in [1.807, 2.05) is 62.5 Å². The van der Waals surface area contributed by atoms with Gasteiger partial charge in [-0.1, -0.05) is 30.3 Å². The number of rotatable bonds is 2. The SMILES string of the molecule is Cc1cccc(N(C)C(=O)C2CNc3ccccc32)c1. The van der Waals surface area contributed by atoms with Crippen LogP contribution in [0.1, 0.15) is 17.0 Å². The van der Waals surface area contributed by atoms with Crippen LogP contribution >= 0.6 is 0 Å². The fourth-order valence-corrected chi connectivity index (χ4v) is 2.70. The van der Waals surface area contributed by atoms with Gasteiger partial charge in [-0.15, -0.1) is 0 Å². The van der Waals surface area contributed by atoms with Gasteiger partial charge in [0.1, 0.15) is 0 Å². The summed E-state index contributed by atoms with van der Waals surface area (Å²) in [5.74, 6) is 0.0322. The van der Waals surface area contributed by atoms with Crippen molar-refractivity contribution in [2.75, 3.05) is 23.8 Å². The van der Waals surface area contributed by atoms with Crippen LogP contribution in [0.3, 0.4) is 0 Å². The highest BCUT2D eigenvalue weighted by molar-refractivity contribution is 5.99. The second kappa shape index (κ2) is 5.00. The number of nitrogens with zero attached hydrogens (tertiary/aromatic N) is 1. The van der Waals surface area contributed by atoms with Crippen LogP contribution in [0.5, 0.6) is 0 Å². The first-order chi connectivity index (χ1) is 9.66. The number of para-hydroxylation sites is 1. The van der Waals surface area contributed by atoms with Gasteiger partial charge in [0.05, 0.1) is 5.92 Å². The van der Waals surface area contributed by atoms with Crippen molar-refractivity contribution in [1.82, 2.24) is 0 Å². The molecule has 3 heteroatoms. The zero-order valence-electron chi connectivity index (χ0n) is 11.8. The maximum absolute atomic E-state index is 12.7. The predicted molar refractivity (Wildman–Crippen MR) is 82.3 cm³/mol. The van der Waals surface area contributed by atoms with Gasteiger partial charge < -0.3 is 10.2 Å².